The molecule has 1 amide bonds. The fraction of sp³-hybridized carbons (Fsp3) is 0.579. The Morgan fingerprint density at radius 2 is 1.81 bits per heavy atom. The quantitative estimate of drug-likeness (QED) is 0.390. The molecule has 1 saturated heterocycles. The van der Waals surface area contributed by atoms with Crippen LogP contribution in [0.1, 0.15) is 35.2 Å². The fourth-order valence-corrected chi connectivity index (χ4v) is 2.93. The lowest BCUT2D eigenvalue weighted by Gasteiger charge is -2.26. The predicted octanol–water partition coefficient (Wildman–Crippen LogP) is 1.51. The van der Waals surface area contributed by atoms with Crippen LogP contribution in [0.4, 0.5) is 4.39 Å². The van der Waals surface area contributed by atoms with Gasteiger partial charge in [0.05, 0.1) is 0 Å². The maximum Gasteiger partial charge on any atom is 0.251 e. The minimum absolute atomic E-state index is 0.279. The smallest absolute Gasteiger partial charge is 0.251 e. The first-order valence-corrected chi connectivity index (χ1v) is 9.31. The standard InChI is InChI=1S/C19H30FN5O/c1-15-6-7-16(14-17(15)20)18(26)22-8-9-23-19(21-2)24-10-13-25-11-4-3-5-12-25/h6-7,14H,3-5,8-13H2,1-2H3,(H,22,26)(H2,21,23,24). The number of hydrogen-bond donors (Lipinski definition) is 3. The molecule has 0 radical (unpaired) electrons. The molecule has 6 nitrogen and oxygen atoms in total. The summed E-state index contributed by atoms with van der Waals surface area (Å²) in [6.07, 6.45) is 3.92. The second kappa shape index (κ2) is 10.8. The molecular formula is C19H30FN5O. The van der Waals surface area contributed by atoms with Gasteiger partial charge in [-0.3, -0.25) is 9.79 Å². The average Bonchev–Trinajstić information content (AvgIpc) is 2.66. The second-order valence-electron chi connectivity index (χ2n) is 6.55. The molecule has 144 valence electrons. The van der Waals surface area contributed by atoms with Crippen LogP contribution in [-0.4, -0.2) is 63.1 Å². The number of carbonyl (C=O) groups is 1. The van der Waals surface area contributed by atoms with Crippen LogP contribution < -0.4 is 16.0 Å². The summed E-state index contributed by atoms with van der Waals surface area (Å²) in [4.78, 5) is 18.7. The van der Waals surface area contributed by atoms with Crippen molar-refractivity contribution in [3.8, 4) is 0 Å². The topological polar surface area (TPSA) is 68.8 Å². The van der Waals surface area contributed by atoms with Crippen LogP contribution in [0.2, 0.25) is 0 Å². The summed E-state index contributed by atoms with van der Waals surface area (Å²) in [5.41, 5.74) is 0.861. The first kappa shape index (κ1) is 20.2. The molecule has 0 spiro atoms. The number of piperidine rings is 1. The molecule has 7 heteroatoms. The van der Waals surface area contributed by atoms with Crippen LogP contribution in [0, 0.1) is 12.7 Å². The van der Waals surface area contributed by atoms with Crippen LogP contribution in [0.5, 0.6) is 0 Å². The number of aliphatic imine (C=N–C) groups is 1. The Morgan fingerprint density at radius 1 is 1.12 bits per heavy atom. The molecule has 1 aromatic carbocycles. The van der Waals surface area contributed by atoms with Crippen LogP contribution in [0.15, 0.2) is 23.2 Å². The number of halogens is 1. The van der Waals surface area contributed by atoms with Crippen LogP contribution >= 0.6 is 0 Å². The van der Waals surface area contributed by atoms with Crippen molar-refractivity contribution < 1.29 is 9.18 Å². The van der Waals surface area contributed by atoms with Crippen LogP contribution in [0.25, 0.3) is 0 Å². The Kier molecular flexibility index (Phi) is 8.34. The molecule has 1 heterocycles. The van der Waals surface area contributed by atoms with Gasteiger partial charge in [-0.15, -0.1) is 0 Å². The van der Waals surface area contributed by atoms with Gasteiger partial charge in [-0.2, -0.15) is 0 Å². The highest BCUT2D eigenvalue weighted by molar-refractivity contribution is 5.94. The predicted molar refractivity (Wildman–Crippen MR) is 103 cm³/mol. The second-order valence-corrected chi connectivity index (χ2v) is 6.55. The van der Waals surface area contributed by atoms with Gasteiger partial charge >= 0.3 is 0 Å². The van der Waals surface area contributed by atoms with Gasteiger partial charge < -0.3 is 20.9 Å². The van der Waals surface area contributed by atoms with E-state index in [2.05, 4.69) is 25.8 Å². The SMILES string of the molecule is CN=C(NCCNC(=O)c1ccc(C)c(F)c1)NCCN1CCCCC1. The lowest BCUT2D eigenvalue weighted by molar-refractivity contribution is 0.0954. The van der Waals surface area contributed by atoms with Crippen molar-refractivity contribution in [2.75, 3.05) is 46.3 Å². The number of carbonyl (C=O) groups excluding carboxylic acids is 1. The minimum Gasteiger partial charge on any atom is -0.355 e. The Labute approximate surface area is 155 Å². The van der Waals surface area contributed by atoms with E-state index < -0.39 is 0 Å². The molecule has 2 rings (SSSR count). The molecule has 0 saturated carbocycles. The van der Waals surface area contributed by atoms with E-state index in [9.17, 15) is 9.18 Å². The van der Waals surface area contributed by atoms with E-state index >= 15 is 0 Å². The summed E-state index contributed by atoms with van der Waals surface area (Å²) in [7, 11) is 1.73. The van der Waals surface area contributed by atoms with Crippen molar-refractivity contribution in [3.63, 3.8) is 0 Å². The Morgan fingerprint density at radius 3 is 2.50 bits per heavy atom. The van der Waals surface area contributed by atoms with Gasteiger partial charge in [0.25, 0.3) is 5.91 Å². The van der Waals surface area contributed by atoms with Crippen molar-refractivity contribution >= 4 is 11.9 Å². The number of guanidine groups is 1. The first-order valence-electron chi connectivity index (χ1n) is 9.31. The Bertz CT molecular complexity index is 614. The third-order valence-electron chi connectivity index (χ3n) is 4.53. The number of amides is 1. The summed E-state index contributed by atoms with van der Waals surface area (Å²) < 4.78 is 13.5. The van der Waals surface area contributed by atoms with Gasteiger partial charge in [-0.1, -0.05) is 12.5 Å². The molecule has 0 unspecified atom stereocenters. The lowest BCUT2D eigenvalue weighted by Crippen LogP contribution is -2.44. The number of hydrogen-bond acceptors (Lipinski definition) is 3. The van der Waals surface area contributed by atoms with Crippen LogP contribution in [-0.2, 0) is 0 Å². The normalized spacial score (nSPS) is 15.6. The monoisotopic (exact) mass is 363 g/mol. The molecule has 0 atom stereocenters. The van der Waals surface area contributed by atoms with E-state index in [0.717, 1.165) is 19.0 Å². The maximum atomic E-state index is 13.5. The first-order chi connectivity index (χ1) is 12.6. The van der Waals surface area contributed by atoms with E-state index in [1.54, 1.807) is 26.1 Å². The Hall–Kier alpha value is -2.15. The summed E-state index contributed by atoms with van der Waals surface area (Å²) in [5.74, 6) is 0.0745. The molecule has 1 aliphatic rings. The highest BCUT2D eigenvalue weighted by Crippen LogP contribution is 2.09. The molecule has 1 aromatic rings. The molecular weight excluding hydrogens is 333 g/mol. The Balaban J connectivity index is 1.62. The summed E-state index contributed by atoms with van der Waals surface area (Å²) >= 11 is 0. The summed E-state index contributed by atoms with van der Waals surface area (Å²) in [6, 6.07) is 4.50. The van der Waals surface area contributed by atoms with Crippen LogP contribution in [0.3, 0.4) is 0 Å². The van der Waals surface area contributed by atoms with Gasteiger partial charge in [0, 0.05) is 38.8 Å². The van der Waals surface area contributed by atoms with Gasteiger partial charge in [0.1, 0.15) is 5.82 Å². The zero-order chi connectivity index (χ0) is 18.8. The average molecular weight is 363 g/mol. The van der Waals surface area contributed by atoms with E-state index in [1.807, 2.05) is 0 Å². The number of nitrogens with one attached hydrogen (secondary N) is 3. The van der Waals surface area contributed by atoms with E-state index in [4.69, 9.17) is 0 Å². The van der Waals surface area contributed by atoms with Crippen molar-refractivity contribution in [3.05, 3.63) is 35.1 Å². The maximum absolute atomic E-state index is 13.5. The molecule has 0 aliphatic carbocycles. The molecule has 3 N–H and O–H groups in total. The summed E-state index contributed by atoms with van der Waals surface area (Å²) in [6.45, 7) is 6.86. The van der Waals surface area contributed by atoms with Gasteiger partial charge in [-0.05, 0) is 50.6 Å². The number of rotatable bonds is 7. The molecule has 26 heavy (non-hydrogen) atoms. The molecule has 0 bridgehead atoms. The molecule has 1 aliphatic heterocycles. The minimum atomic E-state index is -0.367. The number of aryl methyl sites for hydroxylation is 1. The van der Waals surface area contributed by atoms with Gasteiger partial charge in [0.15, 0.2) is 5.96 Å². The van der Waals surface area contributed by atoms with Crippen molar-refractivity contribution in [2.45, 2.75) is 26.2 Å². The zero-order valence-corrected chi connectivity index (χ0v) is 15.8. The van der Waals surface area contributed by atoms with E-state index in [0.29, 0.717) is 24.2 Å². The highest BCUT2D eigenvalue weighted by Gasteiger charge is 2.10. The van der Waals surface area contributed by atoms with E-state index in [-0.39, 0.29) is 11.7 Å². The third kappa shape index (κ3) is 6.63. The largest absolute Gasteiger partial charge is 0.355 e. The highest BCUT2D eigenvalue weighted by atomic mass is 19.1. The number of likely N-dealkylation sites (tertiary alicyclic amines) is 1. The molecule has 0 aromatic heterocycles. The van der Waals surface area contributed by atoms with Crippen molar-refractivity contribution in [2.24, 2.45) is 4.99 Å². The summed E-state index contributed by atoms with van der Waals surface area (Å²) in [5, 5.41) is 9.22. The van der Waals surface area contributed by atoms with E-state index in [1.165, 1.54) is 38.4 Å². The van der Waals surface area contributed by atoms with Gasteiger partial charge in [-0.25, -0.2) is 4.39 Å². The lowest BCUT2D eigenvalue weighted by atomic mass is 10.1. The number of nitrogens with zero attached hydrogens (tertiary/aromatic N) is 2. The van der Waals surface area contributed by atoms with Gasteiger partial charge in [0.2, 0.25) is 0 Å². The fourth-order valence-electron chi connectivity index (χ4n) is 2.93. The van der Waals surface area contributed by atoms with Crippen molar-refractivity contribution in [1.82, 2.24) is 20.9 Å². The van der Waals surface area contributed by atoms with Crippen molar-refractivity contribution in [1.29, 1.82) is 0 Å². The number of benzene rings is 1. The zero-order valence-electron chi connectivity index (χ0n) is 15.8. The third-order valence-corrected chi connectivity index (χ3v) is 4.53. The molecule has 1 fully saturated rings.